The van der Waals surface area contributed by atoms with Crippen LogP contribution in [0.15, 0.2) is 160 Å². The van der Waals surface area contributed by atoms with Crippen molar-refractivity contribution in [3.63, 3.8) is 0 Å². The van der Waals surface area contributed by atoms with Gasteiger partial charge in [0, 0.05) is 58.4 Å². The number of fused-ring (bicyclic) bond motifs is 9. The summed E-state index contributed by atoms with van der Waals surface area (Å²) >= 11 is 1.79. The van der Waals surface area contributed by atoms with E-state index in [1.807, 2.05) is 66.7 Å². The number of thiophene rings is 1. The quantitative estimate of drug-likeness (QED) is 0.186. The Kier molecular flexibility index (Phi) is 6.05. The second-order valence-electron chi connectivity index (χ2n) is 12.8. The average molecular weight is 672 g/mol. The molecule has 0 bridgehead atoms. The SMILES string of the molecule is c1ccc(-c2nc(-c3ccc4c(c3)oc3ccccc34)nc(-c3cc(-c4cccc5oc6ccccc6c45)c4c(c3)sc3ccccc34)n2)cc1. The van der Waals surface area contributed by atoms with Crippen LogP contribution >= 0.6 is 11.3 Å². The van der Waals surface area contributed by atoms with E-state index in [9.17, 15) is 0 Å². The molecule has 0 unspecified atom stereocenters. The van der Waals surface area contributed by atoms with Crippen LogP contribution in [0.25, 0.3) is 109 Å². The summed E-state index contributed by atoms with van der Waals surface area (Å²) in [6.07, 6.45) is 0. The Hall–Kier alpha value is -6.63. The Morgan fingerprint density at radius 2 is 0.980 bits per heavy atom. The number of rotatable bonds is 4. The van der Waals surface area contributed by atoms with Gasteiger partial charge in [-0.1, -0.05) is 103 Å². The molecule has 0 aliphatic carbocycles. The fourth-order valence-electron chi connectivity index (χ4n) is 7.41. The Balaban J connectivity index is 1.19. The van der Waals surface area contributed by atoms with E-state index in [1.54, 1.807) is 11.3 Å². The number of benzene rings is 7. The Labute approximate surface area is 295 Å². The van der Waals surface area contributed by atoms with E-state index in [1.165, 1.54) is 20.2 Å². The Morgan fingerprint density at radius 1 is 0.353 bits per heavy atom. The fourth-order valence-corrected chi connectivity index (χ4v) is 8.58. The largest absolute Gasteiger partial charge is 0.456 e. The molecule has 11 aromatic rings. The van der Waals surface area contributed by atoms with Crippen LogP contribution in [0.2, 0.25) is 0 Å². The first-order chi connectivity index (χ1) is 25.2. The molecular formula is C45H25N3O2S. The highest BCUT2D eigenvalue weighted by molar-refractivity contribution is 7.26. The zero-order chi connectivity index (χ0) is 33.5. The molecule has 0 N–H and O–H groups in total. The van der Waals surface area contributed by atoms with Crippen molar-refractivity contribution in [2.24, 2.45) is 0 Å². The van der Waals surface area contributed by atoms with Gasteiger partial charge in [-0.25, -0.2) is 15.0 Å². The molecule has 51 heavy (non-hydrogen) atoms. The normalized spacial score (nSPS) is 11.9. The molecule has 0 radical (unpaired) electrons. The van der Waals surface area contributed by atoms with Crippen LogP contribution in [-0.4, -0.2) is 15.0 Å². The minimum absolute atomic E-state index is 0.585. The van der Waals surface area contributed by atoms with Gasteiger partial charge >= 0.3 is 0 Å². The Bertz CT molecular complexity index is 3160. The van der Waals surface area contributed by atoms with Gasteiger partial charge in [0.15, 0.2) is 17.5 Å². The van der Waals surface area contributed by atoms with Crippen molar-refractivity contribution < 1.29 is 8.83 Å². The van der Waals surface area contributed by atoms with Gasteiger partial charge in [0.25, 0.3) is 0 Å². The molecule has 4 aromatic heterocycles. The first-order valence-corrected chi connectivity index (χ1v) is 17.7. The third-order valence-corrected chi connectivity index (χ3v) is 10.9. The van der Waals surface area contributed by atoms with Gasteiger partial charge in [0.05, 0.1) is 0 Å². The lowest BCUT2D eigenvalue weighted by Gasteiger charge is -2.12. The summed E-state index contributed by atoms with van der Waals surface area (Å²) in [4.78, 5) is 15.3. The van der Waals surface area contributed by atoms with Crippen LogP contribution in [0.1, 0.15) is 0 Å². The van der Waals surface area contributed by atoms with Crippen molar-refractivity contribution in [3.8, 4) is 45.3 Å². The van der Waals surface area contributed by atoms with Crippen LogP contribution < -0.4 is 0 Å². The zero-order valence-corrected chi connectivity index (χ0v) is 27.8. The van der Waals surface area contributed by atoms with Gasteiger partial charge in [-0.15, -0.1) is 11.3 Å². The van der Waals surface area contributed by atoms with E-state index in [0.717, 1.165) is 71.7 Å². The molecule has 0 saturated heterocycles. The minimum Gasteiger partial charge on any atom is -0.456 e. The summed E-state index contributed by atoms with van der Waals surface area (Å²) in [7, 11) is 0. The smallest absolute Gasteiger partial charge is 0.164 e. The topological polar surface area (TPSA) is 65.0 Å². The maximum absolute atomic E-state index is 6.35. The summed E-state index contributed by atoms with van der Waals surface area (Å²) in [6.45, 7) is 0. The van der Waals surface area contributed by atoms with E-state index < -0.39 is 0 Å². The van der Waals surface area contributed by atoms with Crippen LogP contribution in [0.4, 0.5) is 0 Å². The van der Waals surface area contributed by atoms with Crippen molar-refractivity contribution in [3.05, 3.63) is 152 Å². The fraction of sp³-hybridized carbons (Fsp3) is 0. The van der Waals surface area contributed by atoms with E-state index in [4.69, 9.17) is 23.8 Å². The van der Waals surface area contributed by atoms with E-state index in [0.29, 0.717) is 17.5 Å². The van der Waals surface area contributed by atoms with Crippen molar-refractivity contribution in [2.45, 2.75) is 0 Å². The zero-order valence-electron chi connectivity index (χ0n) is 27.0. The second-order valence-corrected chi connectivity index (χ2v) is 13.8. The van der Waals surface area contributed by atoms with Crippen LogP contribution in [0.3, 0.4) is 0 Å². The standard InChI is InChI=1S/C45H25N3O2S/c1-2-11-26(12-3-1)43-46-44(27-21-22-30-29-13-4-7-17-35(29)50-38(30)24-27)48-45(47-43)28-23-34(42-33-15-6-9-20-39(33)51-40(42)25-28)31-16-10-19-37-41(31)32-14-5-8-18-36(32)49-37/h1-25H. The molecule has 0 aliphatic heterocycles. The maximum Gasteiger partial charge on any atom is 0.164 e. The highest BCUT2D eigenvalue weighted by Crippen LogP contribution is 2.46. The second kappa shape index (κ2) is 10.9. The summed E-state index contributed by atoms with van der Waals surface area (Å²) in [5, 5.41) is 6.78. The molecule has 11 rings (SSSR count). The summed E-state index contributed by atoms with van der Waals surface area (Å²) in [5.41, 5.74) is 8.32. The number of aromatic nitrogens is 3. The van der Waals surface area contributed by atoms with Crippen LogP contribution in [0, 0.1) is 0 Å². The number of hydrogen-bond donors (Lipinski definition) is 0. The molecule has 4 heterocycles. The first-order valence-electron chi connectivity index (χ1n) is 16.8. The summed E-state index contributed by atoms with van der Waals surface area (Å²) in [5.74, 6) is 1.80. The molecule has 0 aliphatic rings. The van der Waals surface area contributed by atoms with Crippen LogP contribution in [-0.2, 0) is 0 Å². The molecule has 0 saturated carbocycles. The van der Waals surface area contributed by atoms with Crippen molar-refractivity contribution in [1.29, 1.82) is 0 Å². The van der Waals surface area contributed by atoms with E-state index in [-0.39, 0.29) is 0 Å². The number of hydrogen-bond acceptors (Lipinski definition) is 6. The highest BCUT2D eigenvalue weighted by atomic mass is 32.1. The average Bonchev–Trinajstić information content (AvgIpc) is 3.88. The molecule has 0 spiro atoms. The predicted octanol–water partition coefficient (Wildman–Crippen LogP) is 12.7. The molecule has 0 atom stereocenters. The molecule has 238 valence electrons. The molecule has 0 fully saturated rings. The molecule has 7 aromatic carbocycles. The highest BCUT2D eigenvalue weighted by Gasteiger charge is 2.21. The molecule has 5 nitrogen and oxygen atoms in total. The third-order valence-electron chi connectivity index (χ3n) is 9.73. The van der Waals surface area contributed by atoms with Gasteiger partial charge in [-0.05, 0) is 59.7 Å². The number of para-hydroxylation sites is 2. The van der Waals surface area contributed by atoms with Crippen LogP contribution in [0.5, 0.6) is 0 Å². The lowest BCUT2D eigenvalue weighted by atomic mass is 9.93. The van der Waals surface area contributed by atoms with Gasteiger partial charge in [-0.2, -0.15) is 0 Å². The maximum atomic E-state index is 6.35. The van der Waals surface area contributed by atoms with Crippen molar-refractivity contribution >= 4 is 75.4 Å². The lowest BCUT2D eigenvalue weighted by Crippen LogP contribution is -2.00. The van der Waals surface area contributed by atoms with Gasteiger partial charge in [0.1, 0.15) is 22.3 Å². The lowest BCUT2D eigenvalue weighted by molar-refractivity contribution is 0.668. The minimum atomic E-state index is 0.585. The van der Waals surface area contributed by atoms with Gasteiger partial charge in [0.2, 0.25) is 0 Å². The summed E-state index contributed by atoms with van der Waals surface area (Å²) in [6, 6.07) is 52.1. The van der Waals surface area contributed by atoms with E-state index in [2.05, 4.69) is 84.9 Å². The first kappa shape index (κ1) is 28.2. The predicted molar refractivity (Wildman–Crippen MR) is 209 cm³/mol. The van der Waals surface area contributed by atoms with E-state index >= 15 is 0 Å². The van der Waals surface area contributed by atoms with Crippen molar-refractivity contribution in [1.82, 2.24) is 15.0 Å². The molecule has 0 amide bonds. The Morgan fingerprint density at radius 3 is 1.82 bits per heavy atom. The monoisotopic (exact) mass is 671 g/mol. The third kappa shape index (κ3) is 4.43. The van der Waals surface area contributed by atoms with Crippen molar-refractivity contribution in [2.75, 3.05) is 0 Å². The van der Waals surface area contributed by atoms with Gasteiger partial charge in [-0.3, -0.25) is 0 Å². The summed E-state index contributed by atoms with van der Waals surface area (Å²) < 4.78 is 15.0. The molecular weight excluding hydrogens is 647 g/mol. The number of furan rings is 2. The van der Waals surface area contributed by atoms with Gasteiger partial charge < -0.3 is 8.83 Å². The molecule has 6 heteroatoms. The number of nitrogens with zero attached hydrogens (tertiary/aromatic N) is 3.